The van der Waals surface area contributed by atoms with Crippen molar-refractivity contribution in [3.63, 3.8) is 0 Å². The molecule has 0 atom stereocenters. The zero-order chi connectivity index (χ0) is 14.5. The van der Waals surface area contributed by atoms with Crippen molar-refractivity contribution in [1.82, 2.24) is 10.2 Å². The van der Waals surface area contributed by atoms with Gasteiger partial charge in [0.25, 0.3) is 0 Å². The Morgan fingerprint density at radius 3 is 2.70 bits per heavy atom. The van der Waals surface area contributed by atoms with Gasteiger partial charge in [0.1, 0.15) is 0 Å². The Labute approximate surface area is 127 Å². The highest BCUT2D eigenvalue weighted by Gasteiger charge is 2.22. The Balaban J connectivity index is 2.13. The molecule has 112 valence electrons. The molecule has 1 heterocycles. The van der Waals surface area contributed by atoms with Gasteiger partial charge in [-0.05, 0) is 63.3 Å². The summed E-state index contributed by atoms with van der Waals surface area (Å²) in [4.78, 5) is 4.85. The monoisotopic (exact) mass is 295 g/mol. The zero-order valence-electron chi connectivity index (χ0n) is 12.8. The van der Waals surface area contributed by atoms with Crippen LogP contribution in [-0.4, -0.2) is 44.7 Å². The van der Waals surface area contributed by atoms with E-state index in [2.05, 4.69) is 48.3 Å². The maximum atomic E-state index is 6.15. The number of halogens is 1. The Morgan fingerprint density at radius 2 is 2.05 bits per heavy atom. The van der Waals surface area contributed by atoms with Gasteiger partial charge >= 0.3 is 0 Å². The van der Waals surface area contributed by atoms with E-state index < -0.39 is 0 Å². The second-order valence-corrected chi connectivity index (χ2v) is 6.14. The lowest BCUT2D eigenvalue weighted by atomic mass is 10.0. The molecule has 1 aromatic rings. The fraction of sp³-hybridized carbons (Fsp3) is 0.625. The summed E-state index contributed by atoms with van der Waals surface area (Å²) in [5.41, 5.74) is 2.60. The number of hydrogen-bond acceptors (Lipinski definition) is 3. The van der Waals surface area contributed by atoms with E-state index in [0.717, 1.165) is 18.1 Å². The third kappa shape index (κ3) is 3.87. The Kier molecular flexibility index (Phi) is 5.70. The molecule has 0 amide bonds. The lowest BCUT2D eigenvalue weighted by molar-refractivity contribution is 0.252. The van der Waals surface area contributed by atoms with Crippen LogP contribution in [0.15, 0.2) is 18.2 Å². The van der Waals surface area contributed by atoms with Crippen molar-refractivity contribution in [3.05, 3.63) is 28.8 Å². The average Bonchev–Trinajstić information content (AvgIpc) is 2.45. The molecule has 0 radical (unpaired) electrons. The summed E-state index contributed by atoms with van der Waals surface area (Å²) in [7, 11) is 4.42. The van der Waals surface area contributed by atoms with Gasteiger partial charge in [0.05, 0.1) is 0 Å². The van der Waals surface area contributed by atoms with E-state index in [-0.39, 0.29) is 0 Å². The van der Waals surface area contributed by atoms with Crippen LogP contribution in [-0.2, 0) is 6.54 Å². The minimum absolute atomic E-state index is 0.632. The number of nitrogens with zero attached hydrogens (tertiary/aromatic N) is 2. The third-order valence-electron chi connectivity index (χ3n) is 4.22. The molecular formula is C16H26ClN3. The van der Waals surface area contributed by atoms with E-state index in [4.69, 9.17) is 11.6 Å². The lowest BCUT2D eigenvalue weighted by Gasteiger charge is -2.37. The molecule has 4 heteroatoms. The van der Waals surface area contributed by atoms with Gasteiger partial charge in [-0.3, -0.25) is 0 Å². The molecule has 0 aliphatic carbocycles. The maximum Gasteiger partial charge on any atom is 0.0412 e. The number of hydrogen-bond donors (Lipinski definition) is 1. The quantitative estimate of drug-likeness (QED) is 0.901. The van der Waals surface area contributed by atoms with Crippen molar-refractivity contribution in [3.8, 4) is 0 Å². The van der Waals surface area contributed by atoms with Crippen molar-refractivity contribution in [2.45, 2.75) is 32.4 Å². The van der Waals surface area contributed by atoms with Gasteiger partial charge in [-0.25, -0.2) is 0 Å². The largest absolute Gasteiger partial charge is 0.371 e. The summed E-state index contributed by atoms with van der Waals surface area (Å²) >= 11 is 6.15. The highest BCUT2D eigenvalue weighted by atomic mass is 35.5. The number of benzene rings is 1. The summed E-state index contributed by atoms with van der Waals surface area (Å²) in [6.07, 6.45) is 2.46. The van der Waals surface area contributed by atoms with Crippen molar-refractivity contribution in [2.75, 3.05) is 38.6 Å². The van der Waals surface area contributed by atoms with Gasteiger partial charge in [0, 0.05) is 30.3 Å². The average molecular weight is 296 g/mol. The SMILES string of the molecule is CCNCc1cc(Cl)ccc1N(C)C1CCN(C)CC1. The van der Waals surface area contributed by atoms with Crippen LogP contribution in [0, 0.1) is 0 Å². The van der Waals surface area contributed by atoms with E-state index in [1.165, 1.54) is 37.2 Å². The predicted molar refractivity (Wildman–Crippen MR) is 87.8 cm³/mol. The van der Waals surface area contributed by atoms with Gasteiger partial charge in [0.15, 0.2) is 0 Å². The van der Waals surface area contributed by atoms with Crippen LogP contribution in [0.4, 0.5) is 5.69 Å². The summed E-state index contributed by atoms with van der Waals surface area (Å²) in [6.45, 7) is 6.36. The molecular weight excluding hydrogens is 270 g/mol. The molecule has 0 unspecified atom stereocenters. The van der Waals surface area contributed by atoms with E-state index in [0.29, 0.717) is 6.04 Å². The first-order valence-electron chi connectivity index (χ1n) is 7.52. The van der Waals surface area contributed by atoms with Crippen LogP contribution in [0.5, 0.6) is 0 Å². The Bertz CT molecular complexity index is 428. The van der Waals surface area contributed by atoms with E-state index >= 15 is 0 Å². The van der Waals surface area contributed by atoms with Crippen LogP contribution in [0.2, 0.25) is 5.02 Å². The topological polar surface area (TPSA) is 18.5 Å². The molecule has 0 saturated carbocycles. The van der Waals surface area contributed by atoms with Crippen molar-refractivity contribution in [2.24, 2.45) is 0 Å². The van der Waals surface area contributed by atoms with Gasteiger partial charge in [-0.1, -0.05) is 18.5 Å². The molecule has 1 saturated heterocycles. The smallest absolute Gasteiger partial charge is 0.0412 e. The van der Waals surface area contributed by atoms with Gasteiger partial charge in [-0.15, -0.1) is 0 Å². The highest BCUT2D eigenvalue weighted by molar-refractivity contribution is 6.30. The Hall–Kier alpha value is -0.770. The first kappa shape index (κ1) is 15.6. The van der Waals surface area contributed by atoms with E-state index in [1.807, 2.05) is 6.07 Å². The van der Waals surface area contributed by atoms with E-state index in [9.17, 15) is 0 Å². The van der Waals surface area contributed by atoms with Crippen molar-refractivity contribution in [1.29, 1.82) is 0 Å². The third-order valence-corrected chi connectivity index (χ3v) is 4.46. The minimum atomic E-state index is 0.632. The van der Waals surface area contributed by atoms with Gasteiger partial charge in [0.2, 0.25) is 0 Å². The standard InChI is InChI=1S/C16H26ClN3/c1-4-18-12-13-11-14(17)5-6-16(13)20(3)15-7-9-19(2)10-8-15/h5-6,11,15,18H,4,7-10,12H2,1-3H3. The molecule has 1 aliphatic heterocycles. The number of rotatable bonds is 5. The molecule has 0 aromatic heterocycles. The van der Waals surface area contributed by atoms with Crippen LogP contribution >= 0.6 is 11.6 Å². The fourth-order valence-electron chi connectivity index (χ4n) is 2.88. The van der Waals surface area contributed by atoms with Gasteiger partial charge in [-0.2, -0.15) is 0 Å². The minimum Gasteiger partial charge on any atom is -0.371 e. The molecule has 0 bridgehead atoms. The summed E-state index contributed by atoms with van der Waals surface area (Å²) in [5, 5.41) is 4.22. The lowest BCUT2D eigenvalue weighted by Crippen LogP contribution is -2.42. The van der Waals surface area contributed by atoms with Crippen LogP contribution in [0.25, 0.3) is 0 Å². The van der Waals surface area contributed by atoms with E-state index in [1.54, 1.807) is 0 Å². The zero-order valence-corrected chi connectivity index (χ0v) is 13.6. The second-order valence-electron chi connectivity index (χ2n) is 5.70. The molecule has 1 N–H and O–H groups in total. The predicted octanol–water partition coefficient (Wildman–Crippen LogP) is 2.98. The first-order valence-corrected chi connectivity index (χ1v) is 7.90. The molecule has 2 rings (SSSR count). The molecule has 1 fully saturated rings. The summed E-state index contributed by atoms with van der Waals surface area (Å²) in [5.74, 6) is 0. The summed E-state index contributed by atoms with van der Waals surface area (Å²) < 4.78 is 0. The number of anilines is 1. The number of piperidine rings is 1. The van der Waals surface area contributed by atoms with Crippen LogP contribution < -0.4 is 10.2 Å². The maximum absolute atomic E-state index is 6.15. The van der Waals surface area contributed by atoms with Crippen LogP contribution in [0.1, 0.15) is 25.3 Å². The second kappa shape index (κ2) is 7.30. The normalized spacial score (nSPS) is 17.4. The molecule has 3 nitrogen and oxygen atoms in total. The fourth-order valence-corrected chi connectivity index (χ4v) is 3.07. The Morgan fingerprint density at radius 1 is 1.35 bits per heavy atom. The van der Waals surface area contributed by atoms with Crippen molar-refractivity contribution >= 4 is 17.3 Å². The number of likely N-dealkylation sites (tertiary alicyclic amines) is 1. The molecule has 0 spiro atoms. The van der Waals surface area contributed by atoms with Crippen molar-refractivity contribution < 1.29 is 0 Å². The first-order chi connectivity index (χ1) is 9.61. The highest BCUT2D eigenvalue weighted by Crippen LogP contribution is 2.27. The van der Waals surface area contributed by atoms with Crippen LogP contribution in [0.3, 0.4) is 0 Å². The van der Waals surface area contributed by atoms with Gasteiger partial charge < -0.3 is 15.1 Å². The molecule has 20 heavy (non-hydrogen) atoms. The number of nitrogens with one attached hydrogen (secondary N) is 1. The molecule has 1 aliphatic rings. The molecule has 1 aromatic carbocycles. The summed E-state index contributed by atoms with van der Waals surface area (Å²) in [6, 6.07) is 6.88.